The summed E-state index contributed by atoms with van der Waals surface area (Å²) in [5.41, 5.74) is 4.12. The molecule has 5 aliphatic rings. The first kappa shape index (κ1) is 30.8. The zero-order valence-corrected chi connectivity index (χ0v) is 28.0. The molecule has 1 aliphatic heterocycles. The van der Waals surface area contributed by atoms with Gasteiger partial charge in [-0.25, -0.2) is 9.97 Å². The molecule has 3 heterocycles. The lowest BCUT2D eigenvalue weighted by molar-refractivity contribution is -0.125. The summed E-state index contributed by atoms with van der Waals surface area (Å²) in [6.07, 6.45) is 15.4. The third-order valence-corrected chi connectivity index (χ3v) is 13.0. The number of carbonyl (C=O) groups is 1. The van der Waals surface area contributed by atoms with Crippen molar-refractivity contribution in [2.45, 2.75) is 102 Å². The number of nitrogens with zero attached hydrogens (tertiary/aromatic N) is 4. The molecule has 0 unspecified atom stereocenters. The number of rotatable bonds is 9. The second-order valence-corrected chi connectivity index (χ2v) is 15.5. The fourth-order valence-corrected chi connectivity index (χ4v) is 9.62. The van der Waals surface area contributed by atoms with Gasteiger partial charge in [0.25, 0.3) is 0 Å². The molecule has 0 radical (unpaired) electrons. The van der Waals surface area contributed by atoms with Crippen LogP contribution in [0, 0.1) is 18.3 Å². The number of benzene rings is 1. The molecule has 45 heavy (non-hydrogen) atoms. The average Bonchev–Trinajstić information content (AvgIpc) is 3.56. The average molecular weight is 629 g/mol. The van der Waals surface area contributed by atoms with Gasteiger partial charge >= 0.3 is 0 Å². The lowest BCUT2D eigenvalue weighted by atomic mass is 9.51. The molecule has 1 aromatic carbocycles. The van der Waals surface area contributed by atoms with Crippen LogP contribution >= 0.6 is 11.3 Å². The van der Waals surface area contributed by atoms with Gasteiger partial charge in [-0.05, 0) is 123 Å². The number of β-amino-alcohol motifs (C(OH)–C–C–N with tert-alkyl or cyclic N) is 1. The summed E-state index contributed by atoms with van der Waals surface area (Å²) in [6.45, 7) is 6.60. The number of carbonyl (C=O) groups excluding carboxylic acids is 1. The molecule has 2 aromatic heterocycles. The van der Waals surface area contributed by atoms with Crippen molar-refractivity contribution in [3.8, 4) is 16.2 Å². The lowest BCUT2D eigenvalue weighted by Gasteiger charge is -2.55. The number of hydrogen-bond donors (Lipinski definition) is 1. The van der Waals surface area contributed by atoms with E-state index in [1.807, 2.05) is 12.4 Å². The Hall–Kier alpha value is -2.81. The van der Waals surface area contributed by atoms with Crippen molar-refractivity contribution in [3.05, 3.63) is 58.9 Å². The number of aryl methyl sites for hydroxylation is 2. The molecule has 0 spiro atoms. The van der Waals surface area contributed by atoms with Crippen LogP contribution in [0.5, 0.6) is 5.75 Å². The van der Waals surface area contributed by atoms with E-state index < -0.39 is 0 Å². The van der Waals surface area contributed by atoms with Crippen LogP contribution in [0.2, 0.25) is 0 Å². The van der Waals surface area contributed by atoms with E-state index in [0.29, 0.717) is 6.04 Å². The van der Waals surface area contributed by atoms with Crippen LogP contribution in [0.15, 0.2) is 42.7 Å². The predicted octanol–water partition coefficient (Wildman–Crippen LogP) is 6.95. The Morgan fingerprint density at radius 1 is 1.04 bits per heavy atom. The highest BCUT2D eigenvalue weighted by atomic mass is 32.1. The fourth-order valence-electron chi connectivity index (χ4n) is 8.77. The third kappa shape index (κ3) is 5.94. The number of aliphatic hydroxyl groups excluding tert-OH is 1. The van der Waals surface area contributed by atoms with Crippen LogP contribution in [-0.2, 0) is 16.6 Å². The summed E-state index contributed by atoms with van der Waals surface area (Å²) >= 11 is 1.73. The first-order valence-corrected chi connectivity index (χ1v) is 17.9. The number of thiazole rings is 1. The van der Waals surface area contributed by atoms with Gasteiger partial charge in [0.1, 0.15) is 11.6 Å². The second-order valence-electron chi connectivity index (χ2n) is 14.4. The van der Waals surface area contributed by atoms with Crippen molar-refractivity contribution in [2.24, 2.45) is 11.3 Å². The first-order chi connectivity index (χ1) is 21.8. The molecule has 5 fully saturated rings. The van der Waals surface area contributed by atoms with E-state index in [9.17, 15) is 9.90 Å². The van der Waals surface area contributed by atoms with Gasteiger partial charge < -0.3 is 9.84 Å². The van der Waals surface area contributed by atoms with Gasteiger partial charge in [-0.15, -0.1) is 11.3 Å². The summed E-state index contributed by atoms with van der Waals surface area (Å²) in [7, 11) is 1.75. The van der Waals surface area contributed by atoms with Gasteiger partial charge in [-0.2, -0.15) is 0 Å². The SMILES string of the molecule is CCc1ncc(-c2ccnc(N(CC34CCC(c5ccc(OC)c(C)c5)(CC3)CC4)C(=O)C3CCC(N4CC(O)C4)CC3)c2)s1. The Kier molecular flexibility index (Phi) is 8.51. The Morgan fingerprint density at radius 2 is 1.78 bits per heavy atom. The second kappa shape index (κ2) is 12.4. The minimum atomic E-state index is -0.178. The van der Waals surface area contributed by atoms with Crippen LogP contribution in [-0.4, -0.2) is 64.8 Å². The van der Waals surface area contributed by atoms with Crippen molar-refractivity contribution in [3.63, 3.8) is 0 Å². The number of aliphatic hydroxyl groups is 1. The number of likely N-dealkylation sites (tertiary alicyclic amines) is 1. The molecule has 4 aliphatic carbocycles. The van der Waals surface area contributed by atoms with E-state index in [1.54, 1.807) is 18.4 Å². The van der Waals surface area contributed by atoms with Crippen LogP contribution in [0.3, 0.4) is 0 Å². The van der Waals surface area contributed by atoms with Gasteiger partial charge in [-0.1, -0.05) is 19.1 Å². The maximum Gasteiger partial charge on any atom is 0.231 e. The van der Waals surface area contributed by atoms with Gasteiger partial charge in [0, 0.05) is 44.0 Å². The van der Waals surface area contributed by atoms with E-state index >= 15 is 0 Å². The van der Waals surface area contributed by atoms with E-state index in [2.05, 4.69) is 59.0 Å². The molecular weight excluding hydrogens is 580 g/mol. The Labute approximate surface area is 272 Å². The van der Waals surface area contributed by atoms with Crippen molar-refractivity contribution in [1.82, 2.24) is 14.9 Å². The normalized spacial score (nSPS) is 28.5. The quantitative estimate of drug-likeness (QED) is 0.277. The molecule has 3 aromatic rings. The van der Waals surface area contributed by atoms with Crippen LogP contribution < -0.4 is 9.64 Å². The molecule has 240 valence electrons. The van der Waals surface area contributed by atoms with Crippen LogP contribution in [0.25, 0.3) is 10.4 Å². The number of anilines is 1. The molecule has 1 saturated heterocycles. The molecule has 0 atom stereocenters. The molecular formula is C37H48N4O3S. The number of ether oxygens (including phenoxy) is 1. The highest BCUT2D eigenvalue weighted by Crippen LogP contribution is 2.58. The zero-order valence-electron chi connectivity index (χ0n) is 27.1. The Bertz CT molecular complexity index is 1500. The number of amides is 1. The van der Waals surface area contributed by atoms with Gasteiger partial charge in [-0.3, -0.25) is 14.6 Å². The largest absolute Gasteiger partial charge is 0.496 e. The van der Waals surface area contributed by atoms with E-state index in [1.165, 1.54) is 30.4 Å². The van der Waals surface area contributed by atoms with Crippen molar-refractivity contribution < 1.29 is 14.6 Å². The molecule has 1 amide bonds. The number of methoxy groups -OCH3 is 1. The first-order valence-electron chi connectivity index (χ1n) is 17.1. The Balaban J connectivity index is 1.12. The van der Waals surface area contributed by atoms with E-state index in [-0.39, 0.29) is 28.8 Å². The smallest absolute Gasteiger partial charge is 0.231 e. The van der Waals surface area contributed by atoms with Crippen molar-refractivity contribution in [2.75, 3.05) is 31.6 Å². The highest BCUT2D eigenvalue weighted by Gasteiger charge is 2.51. The monoisotopic (exact) mass is 628 g/mol. The molecule has 2 bridgehead atoms. The standard InChI is InChI=1S/C37H48N4O3S/c1-4-34-39-21-32(45-34)27-11-18-38-33(20-27)41(35(43)26-5-8-29(9-6-26)40-22-30(42)23-40)24-36-12-15-37(16-13-36,17-14-36)28-7-10-31(44-3)25(2)19-28/h7,10-11,18-21,26,29-30,42H,4-6,8-9,12-17,22-24H2,1-3H3. The number of hydrogen-bond acceptors (Lipinski definition) is 7. The summed E-state index contributed by atoms with van der Waals surface area (Å²) in [5, 5.41) is 10.9. The number of pyridine rings is 1. The molecule has 4 saturated carbocycles. The van der Waals surface area contributed by atoms with E-state index in [0.717, 1.165) is 98.0 Å². The topological polar surface area (TPSA) is 78.8 Å². The molecule has 8 heteroatoms. The van der Waals surface area contributed by atoms with Crippen molar-refractivity contribution >= 4 is 23.1 Å². The summed E-state index contributed by atoms with van der Waals surface area (Å²) in [5.74, 6) is 2.03. The summed E-state index contributed by atoms with van der Waals surface area (Å²) < 4.78 is 5.55. The number of fused-ring (bicyclic) bond motifs is 3. The maximum absolute atomic E-state index is 14.5. The summed E-state index contributed by atoms with van der Waals surface area (Å²) in [6, 6.07) is 11.5. The number of aromatic nitrogens is 2. The molecule has 7 nitrogen and oxygen atoms in total. The lowest BCUT2D eigenvalue weighted by Crippen LogP contribution is -2.56. The zero-order chi connectivity index (χ0) is 31.2. The summed E-state index contributed by atoms with van der Waals surface area (Å²) in [4.78, 5) is 29.6. The minimum absolute atomic E-state index is 0.0259. The predicted molar refractivity (Wildman–Crippen MR) is 180 cm³/mol. The highest BCUT2D eigenvalue weighted by molar-refractivity contribution is 7.15. The van der Waals surface area contributed by atoms with Crippen LogP contribution in [0.4, 0.5) is 5.82 Å². The van der Waals surface area contributed by atoms with Crippen LogP contribution in [0.1, 0.15) is 87.3 Å². The van der Waals surface area contributed by atoms with Gasteiger partial charge in [0.2, 0.25) is 5.91 Å². The maximum atomic E-state index is 14.5. The van der Waals surface area contributed by atoms with E-state index in [4.69, 9.17) is 9.72 Å². The van der Waals surface area contributed by atoms with Gasteiger partial charge in [0.05, 0.1) is 23.1 Å². The third-order valence-electron chi connectivity index (χ3n) is 11.8. The van der Waals surface area contributed by atoms with Crippen molar-refractivity contribution in [1.29, 1.82) is 0 Å². The minimum Gasteiger partial charge on any atom is -0.496 e. The molecule has 1 N–H and O–H groups in total. The molecule has 8 rings (SSSR count). The van der Waals surface area contributed by atoms with Gasteiger partial charge in [0.15, 0.2) is 0 Å². The Morgan fingerprint density at radius 3 is 2.40 bits per heavy atom. The fraction of sp³-hybridized carbons (Fsp3) is 0.595.